The van der Waals surface area contributed by atoms with Crippen molar-refractivity contribution >= 4 is 45.8 Å². The zero-order valence-electron chi connectivity index (χ0n) is 10.1. The summed E-state index contributed by atoms with van der Waals surface area (Å²) in [5.41, 5.74) is 7.90. The smallest absolute Gasteiger partial charge is 0.338 e. The lowest BCUT2D eigenvalue weighted by Crippen LogP contribution is -2.06. The number of rotatable bonds is 3. The molecule has 2 aromatic rings. The maximum absolute atomic E-state index is 11.2. The van der Waals surface area contributed by atoms with Crippen LogP contribution in [0.3, 0.4) is 0 Å². The van der Waals surface area contributed by atoms with Gasteiger partial charge in [0.05, 0.1) is 17.4 Å². The van der Waals surface area contributed by atoms with Gasteiger partial charge in [-0.25, -0.2) is 9.78 Å². The second-order valence-corrected chi connectivity index (χ2v) is 5.29. The van der Waals surface area contributed by atoms with Gasteiger partial charge in [-0.3, -0.25) is 0 Å². The van der Waals surface area contributed by atoms with Gasteiger partial charge < -0.3 is 16.2 Å². The summed E-state index contributed by atoms with van der Waals surface area (Å²) in [6.07, 6.45) is 1.43. The Kier molecular flexibility index (Phi) is 3.89. The van der Waals surface area contributed by atoms with Crippen molar-refractivity contribution in [3.8, 4) is 0 Å². The molecule has 0 saturated heterocycles. The minimum Gasteiger partial charge on any atom is -0.478 e. The molecular weight excluding hydrogens is 357 g/mol. The molecule has 98 valence electrons. The Bertz CT molecular complexity index is 644. The van der Waals surface area contributed by atoms with E-state index in [4.69, 9.17) is 10.8 Å². The van der Waals surface area contributed by atoms with E-state index in [1.54, 1.807) is 0 Å². The van der Waals surface area contributed by atoms with E-state index in [1.807, 2.05) is 25.1 Å². The number of hydrogen-bond acceptors (Lipinski definition) is 4. The van der Waals surface area contributed by atoms with E-state index in [1.165, 1.54) is 12.3 Å². The molecule has 0 fully saturated rings. The lowest BCUT2D eigenvalue weighted by atomic mass is 10.1. The van der Waals surface area contributed by atoms with E-state index in [0.29, 0.717) is 5.69 Å². The number of carbonyl (C=O) groups is 1. The average Bonchev–Trinajstić information content (AvgIpc) is 2.35. The minimum absolute atomic E-state index is 0.103. The summed E-state index contributed by atoms with van der Waals surface area (Å²) < 4.78 is 1.06. The van der Waals surface area contributed by atoms with Gasteiger partial charge in [-0.05, 0) is 53.3 Å². The predicted molar refractivity (Wildman–Crippen MR) is 82.8 cm³/mol. The number of aryl methyl sites for hydroxylation is 1. The maximum Gasteiger partial charge on any atom is 0.338 e. The van der Waals surface area contributed by atoms with Crippen molar-refractivity contribution in [3.05, 3.63) is 45.2 Å². The standard InChI is InChI=1S/C13H12IN3O2/c1-7-2-3-8(14)4-10(7)17-11-6-16-12(15)5-9(11)13(18)19/h2-6,17H,1H3,(H2,15,16)(H,18,19). The van der Waals surface area contributed by atoms with Crippen LogP contribution in [0.25, 0.3) is 0 Å². The van der Waals surface area contributed by atoms with Crippen molar-refractivity contribution in [2.45, 2.75) is 6.92 Å². The summed E-state index contributed by atoms with van der Waals surface area (Å²) in [6.45, 7) is 1.95. The lowest BCUT2D eigenvalue weighted by molar-refractivity contribution is 0.0698. The zero-order chi connectivity index (χ0) is 14.0. The largest absolute Gasteiger partial charge is 0.478 e. The van der Waals surface area contributed by atoms with Crippen LogP contribution in [0.4, 0.5) is 17.2 Å². The highest BCUT2D eigenvalue weighted by atomic mass is 127. The number of aromatic nitrogens is 1. The first-order valence-electron chi connectivity index (χ1n) is 5.49. The van der Waals surface area contributed by atoms with Gasteiger partial charge in [0.2, 0.25) is 0 Å². The molecule has 1 aromatic carbocycles. The summed E-state index contributed by atoms with van der Waals surface area (Å²) in [5, 5.41) is 12.3. The van der Waals surface area contributed by atoms with Crippen LogP contribution in [0.1, 0.15) is 15.9 Å². The summed E-state index contributed by atoms with van der Waals surface area (Å²) in [4.78, 5) is 15.1. The Morgan fingerprint density at radius 3 is 2.79 bits per heavy atom. The first kappa shape index (κ1) is 13.6. The third kappa shape index (κ3) is 3.14. The molecule has 0 unspecified atom stereocenters. The van der Waals surface area contributed by atoms with Crippen LogP contribution in [0.15, 0.2) is 30.5 Å². The van der Waals surface area contributed by atoms with E-state index < -0.39 is 5.97 Å². The summed E-state index contributed by atoms with van der Waals surface area (Å²) in [7, 11) is 0. The average molecular weight is 369 g/mol. The molecule has 0 atom stereocenters. The first-order valence-corrected chi connectivity index (χ1v) is 6.57. The summed E-state index contributed by atoms with van der Waals surface area (Å²) in [6, 6.07) is 7.24. The summed E-state index contributed by atoms with van der Waals surface area (Å²) in [5.74, 6) is -0.859. The van der Waals surface area contributed by atoms with Crippen molar-refractivity contribution < 1.29 is 9.90 Å². The third-order valence-electron chi connectivity index (χ3n) is 2.62. The Labute approximate surface area is 124 Å². The number of anilines is 3. The van der Waals surface area contributed by atoms with Crippen LogP contribution in [0, 0.1) is 10.5 Å². The van der Waals surface area contributed by atoms with E-state index in [2.05, 4.69) is 32.9 Å². The number of benzene rings is 1. The Morgan fingerprint density at radius 1 is 1.37 bits per heavy atom. The fraction of sp³-hybridized carbons (Fsp3) is 0.0769. The molecule has 2 rings (SSSR count). The number of aromatic carboxylic acids is 1. The molecule has 0 aliphatic heterocycles. The number of carboxylic acids is 1. The number of halogens is 1. The molecule has 6 heteroatoms. The van der Waals surface area contributed by atoms with Crippen LogP contribution in [-0.2, 0) is 0 Å². The van der Waals surface area contributed by atoms with Gasteiger partial charge in [0.15, 0.2) is 0 Å². The molecule has 0 spiro atoms. The van der Waals surface area contributed by atoms with Gasteiger partial charge in [-0.2, -0.15) is 0 Å². The van der Waals surface area contributed by atoms with Gasteiger partial charge in [-0.1, -0.05) is 6.07 Å². The van der Waals surface area contributed by atoms with Crippen LogP contribution in [0.5, 0.6) is 0 Å². The van der Waals surface area contributed by atoms with Crippen LogP contribution < -0.4 is 11.1 Å². The fourth-order valence-corrected chi connectivity index (χ4v) is 2.11. The molecule has 4 N–H and O–H groups in total. The number of pyridine rings is 1. The molecule has 0 bridgehead atoms. The SMILES string of the molecule is Cc1ccc(I)cc1Nc1cnc(N)cc1C(=O)O. The molecule has 19 heavy (non-hydrogen) atoms. The molecule has 1 aromatic heterocycles. The van der Waals surface area contributed by atoms with Gasteiger partial charge in [0.25, 0.3) is 0 Å². The van der Waals surface area contributed by atoms with E-state index in [0.717, 1.165) is 14.8 Å². The lowest BCUT2D eigenvalue weighted by Gasteiger charge is -2.12. The van der Waals surface area contributed by atoms with Crippen molar-refractivity contribution in [1.82, 2.24) is 4.98 Å². The third-order valence-corrected chi connectivity index (χ3v) is 3.30. The molecule has 1 heterocycles. The van der Waals surface area contributed by atoms with Gasteiger partial charge in [0.1, 0.15) is 5.82 Å². The molecule has 0 radical (unpaired) electrons. The minimum atomic E-state index is -1.04. The Morgan fingerprint density at radius 2 is 2.11 bits per heavy atom. The molecular formula is C13H12IN3O2. The Balaban J connectivity index is 2.43. The topological polar surface area (TPSA) is 88.2 Å². The van der Waals surface area contributed by atoms with Crippen LogP contribution in [-0.4, -0.2) is 16.1 Å². The summed E-state index contributed by atoms with van der Waals surface area (Å²) >= 11 is 2.20. The quantitative estimate of drug-likeness (QED) is 0.724. The number of hydrogen-bond donors (Lipinski definition) is 3. The van der Waals surface area contributed by atoms with Gasteiger partial charge >= 0.3 is 5.97 Å². The van der Waals surface area contributed by atoms with Crippen molar-refractivity contribution in [2.24, 2.45) is 0 Å². The molecule has 0 saturated carbocycles. The molecule has 0 aliphatic rings. The monoisotopic (exact) mass is 369 g/mol. The first-order chi connectivity index (χ1) is 8.97. The highest BCUT2D eigenvalue weighted by Crippen LogP contribution is 2.25. The second kappa shape index (κ2) is 5.43. The Hall–Kier alpha value is -1.83. The normalized spacial score (nSPS) is 10.2. The second-order valence-electron chi connectivity index (χ2n) is 4.04. The highest BCUT2D eigenvalue weighted by Gasteiger charge is 2.12. The highest BCUT2D eigenvalue weighted by molar-refractivity contribution is 14.1. The van der Waals surface area contributed by atoms with E-state index in [-0.39, 0.29) is 11.4 Å². The van der Waals surface area contributed by atoms with Crippen molar-refractivity contribution in [3.63, 3.8) is 0 Å². The number of nitrogens with zero attached hydrogens (tertiary/aromatic N) is 1. The predicted octanol–water partition coefficient (Wildman–Crippen LogP) is 3.02. The van der Waals surface area contributed by atoms with Gasteiger partial charge in [0, 0.05) is 9.26 Å². The molecule has 0 amide bonds. The van der Waals surface area contributed by atoms with E-state index >= 15 is 0 Å². The van der Waals surface area contributed by atoms with E-state index in [9.17, 15) is 4.79 Å². The zero-order valence-corrected chi connectivity index (χ0v) is 12.3. The number of carboxylic acid groups (broad SMARTS) is 1. The number of nitrogens with one attached hydrogen (secondary N) is 1. The fourth-order valence-electron chi connectivity index (χ4n) is 1.62. The van der Waals surface area contributed by atoms with Gasteiger partial charge in [-0.15, -0.1) is 0 Å². The van der Waals surface area contributed by atoms with Crippen LogP contribution >= 0.6 is 22.6 Å². The molecule has 5 nitrogen and oxygen atoms in total. The molecule has 0 aliphatic carbocycles. The number of nitrogen functional groups attached to an aromatic ring is 1. The maximum atomic E-state index is 11.2. The van der Waals surface area contributed by atoms with Crippen molar-refractivity contribution in [1.29, 1.82) is 0 Å². The number of nitrogens with two attached hydrogens (primary N) is 1. The van der Waals surface area contributed by atoms with Crippen LogP contribution in [0.2, 0.25) is 0 Å². The van der Waals surface area contributed by atoms with Crippen molar-refractivity contribution in [2.75, 3.05) is 11.1 Å².